The van der Waals surface area contributed by atoms with E-state index in [0.717, 1.165) is 100 Å². The number of benzene rings is 3. The van der Waals surface area contributed by atoms with Crippen LogP contribution >= 0.6 is 0 Å². The van der Waals surface area contributed by atoms with E-state index in [1.807, 2.05) is 157 Å². The van der Waals surface area contributed by atoms with Crippen molar-refractivity contribution in [3.8, 4) is 5.69 Å². The number of aryl methyl sites for hydroxylation is 5. The van der Waals surface area contributed by atoms with Gasteiger partial charge >= 0.3 is 0 Å². The van der Waals surface area contributed by atoms with Crippen molar-refractivity contribution in [1.82, 2.24) is 49.4 Å². The van der Waals surface area contributed by atoms with Crippen LogP contribution in [0.25, 0.3) is 38.8 Å². The summed E-state index contributed by atoms with van der Waals surface area (Å²) in [4.78, 5) is 72.9. The lowest BCUT2D eigenvalue weighted by atomic mass is 10.1. The van der Waals surface area contributed by atoms with Crippen LogP contribution in [0.4, 0.5) is 0 Å². The molecule has 0 fully saturated rings. The van der Waals surface area contributed by atoms with Gasteiger partial charge in [-0.3, -0.25) is 29.3 Å². The monoisotopic (exact) mass is 888 g/mol. The first-order valence-corrected chi connectivity index (χ1v) is 22.1. The van der Waals surface area contributed by atoms with E-state index < -0.39 is 0 Å². The van der Waals surface area contributed by atoms with Gasteiger partial charge in [0.2, 0.25) is 17.3 Å². The molecule has 13 heteroatoms. The minimum Gasteiger partial charge on any atom is -0.335 e. The van der Waals surface area contributed by atoms with Crippen LogP contribution in [0.2, 0.25) is 0 Å². The summed E-state index contributed by atoms with van der Waals surface area (Å²) in [6, 6.07) is 27.5. The zero-order valence-electron chi connectivity index (χ0n) is 38.9. The first-order valence-electron chi connectivity index (χ1n) is 22.1. The molecule has 0 unspecified atom stereocenters. The van der Waals surface area contributed by atoms with Crippen LogP contribution in [0.1, 0.15) is 93.4 Å². The summed E-state index contributed by atoms with van der Waals surface area (Å²) in [5.74, 6) is 1.05. The van der Waals surface area contributed by atoms with Crippen molar-refractivity contribution in [2.75, 3.05) is 0 Å². The number of nitrogens with zero attached hydrogens (tertiary/aromatic N) is 7. The molecule has 0 aliphatic carbocycles. The van der Waals surface area contributed by atoms with E-state index in [0.29, 0.717) is 17.5 Å². The molecule has 0 radical (unpaired) electrons. The van der Waals surface area contributed by atoms with Gasteiger partial charge in [-0.25, -0.2) is 15.0 Å². The standard InChI is InChI=1S/C20H18N4O.2C17H17N3O/c1-13-7-8-21-17(14(13)2)12-19(25)20-22-16-6-5-15(11-18(16)23-20)24-9-3-4-10-24;2*1-10-4-5-13-15(8-10)20-17(19-13)16(21)9-14-12(3)11(2)6-7-18-14/h3-11H,12H2,1-2H3,(H,22,23);2*4-8H,9H2,1-3H3,(H,19,20). The number of hydrogen-bond donors (Lipinski definition) is 3. The van der Waals surface area contributed by atoms with Crippen LogP contribution in [-0.4, -0.2) is 66.8 Å². The summed E-state index contributed by atoms with van der Waals surface area (Å²) in [6.45, 7) is 16.1. The molecule has 13 nitrogen and oxygen atoms in total. The Morgan fingerprint density at radius 2 is 0.791 bits per heavy atom. The third-order valence-electron chi connectivity index (χ3n) is 12.2. The summed E-state index contributed by atoms with van der Waals surface area (Å²) in [5, 5.41) is 0. The molecule has 10 aromatic rings. The zero-order chi connectivity index (χ0) is 47.4. The van der Waals surface area contributed by atoms with Crippen molar-refractivity contribution in [1.29, 1.82) is 0 Å². The lowest BCUT2D eigenvalue weighted by Crippen LogP contribution is -2.09. The van der Waals surface area contributed by atoms with Gasteiger partial charge in [0.15, 0.2) is 17.5 Å². The van der Waals surface area contributed by atoms with Gasteiger partial charge in [0.1, 0.15) is 0 Å². The van der Waals surface area contributed by atoms with E-state index >= 15 is 0 Å². The number of nitrogens with one attached hydrogen (secondary N) is 3. The molecule has 3 aromatic carbocycles. The number of fused-ring (bicyclic) bond motifs is 3. The Kier molecular flexibility index (Phi) is 13.2. The summed E-state index contributed by atoms with van der Waals surface area (Å²) in [7, 11) is 0. The van der Waals surface area contributed by atoms with Gasteiger partial charge in [0, 0.05) is 36.7 Å². The molecule has 0 spiro atoms. The molecule has 7 aromatic heterocycles. The van der Waals surface area contributed by atoms with Gasteiger partial charge in [-0.1, -0.05) is 12.1 Å². The van der Waals surface area contributed by atoms with Crippen molar-refractivity contribution < 1.29 is 14.4 Å². The number of pyridine rings is 3. The third kappa shape index (κ3) is 10.4. The maximum atomic E-state index is 12.6. The molecule has 0 aliphatic rings. The molecule has 0 bridgehead atoms. The molecule has 0 aliphatic heterocycles. The Balaban J connectivity index is 0.000000137. The first-order chi connectivity index (χ1) is 32.2. The van der Waals surface area contributed by atoms with E-state index in [2.05, 4.69) is 44.9 Å². The molecule has 3 N–H and O–H groups in total. The van der Waals surface area contributed by atoms with Crippen molar-refractivity contribution in [2.24, 2.45) is 0 Å². The Labute approximate surface area is 388 Å². The van der Waals surface area contributed by atoms with E-state index in [9.17, 15) is 14.4 Å². The maximum Gasteiger partial charge on any atom is 0.204 e. The number of ketones is 3. The van der Waals surface area contributed by atoms with Crippen LogP contribution in [0.5, 0.6) is 0 Å². The zero-order valence-corrected chi connectivity index (χ0v) is 38.9. The van der Waals surface area contributed by atoms with Gasteiger partial charge < -0.3 is 19.5 Å². The predicted octanol–water partition coefficient (Wildman–Crippen LogP) is 10.4. The number of Topliss-reactive ketones (excluding diaryl/α,β-unsaturated/α-hetero) is 3. The SMILES string of the molecule is Cc1ccc2nc(C(=O)Cc3nccc(C)c3C)[nH]c2c1.Cc1ccc2nc(C(=O)Cc3nccc(C)c3C)[nH]c2c1.Cc1ccnc(CC(=O)c2nc3ccc(-n4cccc4)cc3[nH]2)c1C. The quantitative estimate of drug-likeness (QED) is 0.113. The normalized spacial score (nSPS) is 11.0. The minimum absolute atomic E-state index is 0.0370. The number of aromatic amines is 3. The van der Waals surface area contributed by atoms with E-state index in [1.165, 1.54) is 0 Å². The number of H-pyrrole nitrogens is 3. The second kappa shape index (κ2) is 19.5. The maximum absolute atomic E-state index is 12.6. The predicted molar refractivity (Wildman–Crippen MR) is 262 cm³/mol. The number of hydrogen-bond acceptors (Lipinski definition) is 9. The smallest absolute Gasteiger partial charge is 0.204 e. The van der Waals surface area contributed by atoms with Crippen LogP contribution in [-0.2, 0) is 19.3 Å². The third-order valence-corrected chi connectivity index (χ3v) is 12.2. The number of aromatic nitrogens is 10. The number of carbonyl (C=O) groups excluding carboxylic acids is 3. The van der Waals surface area contributed by atoms with Crippen LogP contribution in [0, 0.1) is 55.4 Å². The highest BCUT2D eigenvalue weighted by atomic mass is 16.1. The summed E-state index contributed by atoms with van der Waals surface area (Å²) >= 11 is 0. The van der Waals surface area contributed by atoms with Gasteiger partial charge in [0.25, 0.3) is 0 Å². The van der Waals surface area contributed by atoms with E-state index in [-0.39, 0.29) is 36.6 Å². The second-order valence-electron chi connectivity index (χ2n) is 17.0. The Hall–Kier alpha value is -8.19. The van der Waals surface area contributed by atoms with Crippen molar-refractivity contribution in [3.63, 3.8) is 0 Å². The Bertz CT molecular complexity index is 3310. The molecular weight excluding hydrogens is 837 g/mol. The van der Waals surface area contributed by atoms with Crippen molar-refractivity contribution >= 4 is 50.4 Å². The molecule has 0 amide bonds. The van der Waals surface area contributed by atoms with Gasteiger partial charge in [0.05, 0.1) is 69.4 Å². The molecular formula is C54H52N10O3. The fraction of sp³-hybridized carbons (Fsp3) is 0.204. The topological polar surface area (TPSA) is 181 Å². The average molecular weight is 889 g/mol. The number of carbonyl (C=O) groups is 3. The van der Waals surface area contributed by atoms with Gasteiger partial charge in [-0.15, -0.1) is 0 Å². The molecule has 0 saturated heterocycles. The van der Waals surface area contributed by atoms with Crippen molar-refractivity contribution in [3.05, 3.63) is 195 Å². The highest BCUT2D eigenvalue weighted by Crippen LogP contribution is 2.21. The number of rotatable bonds is 10. The summed E-state index contributed by atoms with van der Waals surface area (Å²) in [5.41, 5.74) is 17.4. The average Bonchev–Trinajstić information content (AvgIpc) is 4.15. The minimum atomic E-state index is -0.0556. The molecule has 336 valence electrons. The first kappa shape index (κ1) is 45.4. The summed E-state index contributed by atoms with van der Waals surface area (Å²) in [6.07, 6.45) is 9.98. The van der Waals surface area contributed by atoms with Crippen LogP contribution in [0.3, 0.4) is 0 Å². The fourth-order valence-electron chi connectivity index (χ4n) is 7.62. The second-order valence-corrected chi connectivity index (χ2v) is 17.0. The van der Waals surface area contributed by atoms with Crippen molar-refractivity contribution in [2.45, 2.75) is 74.7 Å². The van der Waals surface area contributed by atoms with E-state index in [1.54, 1.807) is 18.6 Å². The molecule has 10 rings (SSSR count). The Morgan fingerprint density at radius 1 is 0.448 bits per heavy atom. The largest absolute Gasteiger partial charge is 0.335 e. The highest BCUT2D eigenvalue weighted by molar-refractivity contribution is 5.98. The molecule has 7 heterocycles. The highest BCUT2D eigenvalue weighted by Gasteiger charge is 2.18. The van der Waals surface area contributed by atoms with Gasteiger partial charge in [-0.2, -0.15) is 0 Å². The fourth-order valence-corrected chi connectivity index (χ4v) is 7.62. The van der Waals surface area contributed by atoms with Crippen LogP contribution in [0.15, 0.2) is 116 Å². The lowest BCUT2D eigenvalue weighted by Gasteiger charge is -2.05. The lowest BCUT2D eigenvalue weighted by molar-refractivity contribution is 0.0975. The van der Waals surface area contributed by atoms with Crippen LogP contribution < -0.4 is 0 Å². The Morgan fingerprint density at radius 3 is 1.16 bits per heavy atom. The molecule has 0 atom stereocenters. The molecule has 67 heavy (non-hydrogen) atoms. The summed E-state index contributed by atoms with van der Waals surface area (Å²) < 4.78 is 2.02. The number of imidazole rings is 3. The molecule has 0 saturated carbocycles. The van der Waals surface area contributed by atoms with Gasteiger partial charge in [-0.05, 0) is 173 Å². The van der Waals surface area contributed by atoms with E-state index in [4.69, 9.17) is 0 Å².